The normalized spacial score (nSPS) is 15.2. The van der Waals surface area contributed by atoms with Crippen molar-refractivity contribution in [2.45, 2.75) is 13.5 Å². The van der Waals surface area contributed by atoms with Gasteiger partial charge in [0.2, 0.25) is 0 Å². The molecule has 6 nitrogen and oxygen atoms in total. The van der Waals surface area contributed by atoms with E-state index in [1.807, 2.05) is 31.2 Å². The second-order valence-electron chi connectivity index (χ2n) is 7.23. The van der Waals surface area contributed by atoms with E-state index in [1.165, 1.54) is 17.0 Å². The molecule has 1 aliphatic heterocycles. The molecule has 0 radical (unpaired) electrons. The molecule has 9 heteroatoms. The van der Waals surface area contributed by atoms with Crippen molar-refractivity contribution in [3.05, 3.63) is 92.3 Å². The number of halogens is 2. The van der Waals surface area contributed by atoms with Crippen LogP contribution in [0, 0.1) is 6.92 Å². The van der Waals surface area contributed by atoms with Crippen molar-refractivity contribution in [3.63, 3.8) is 0 Å². The maximum atomic E-state index is 12.9. The van der Waals surface area contributed by atoms with Gasteiger partial charge in [-0.15, -0.1) is 5.11 Å². The average Bonchev–Trinajstić information content (AvgIpc) is 3.04. The molecule has 166 valence electrons. The van der Waals surface area contributed by atoms with Gasteiger partial charge >= 0.3 is 0 Å². The van der Waals surface area contributed by atoms with Crippen molar-refractivity contribution in [3.8, 4) is 5.75 Å². The van der Waals surface area contributed by atoms with Crippen LogP contribution in [0.2, 0.25) is 10.0 Å². The molecule has 4 rings (SSSR count). The molecule has 1 N–H and O–H groups in total. The van der Waals surface area contributed by atoms with Crippen molar-refractivity contribution >= 4 is 63.6 Å². The quantitative estimate of drug-likeness (QED) is 0.289. The number of azo groups is 1. The van der Waals surface area contributed by atoms with Gasteiger partial charge < -0.3 is 5.11 Å². The first kappa shape index (κ1) is 23.0. The maximum absolute atomic E-state index is 12.9. The fourth-order valence-electron chi connectivity index (χ4n) is 3.13. The van der Waals surface area contributed by atoms with E-state index in [0.717, 1.165) is 22.9 Å². The van der Waals surface area contributed by atoms with Gasteiger partial charge in [0.05, 0.1) is 22.2 Å². The molecule has 1 aliphatic rings. The Bertz CT molecular complexity index is 1320. The third-order valence-electron chi connectivity index (χ3n) is 4.94. The average molecular weight is 498 g/mol. The van der Waals surface area contributed by atoms with Gasteiger partial charge in [-0.1, -0.05) is 47.5 Å². The molecule has 0 saturated carbocycles. The second kappa shape index (κ2) is 9.79. The van der Waals surface area contributed by atoms with Gasteiger partial charge in [-0.2, -0.15) is 5.11 Å². The van der Waals surface area contributed by atoms with Crippen LogP contribution in [0.3, 0.4) is 0 Å². The van der Waals surface area contributed by atoms with Crippen LogP contribution in [-0.2, 0) is 11.3 Å². The van der Waals surface area contributed by atoms with Crippen LogP contribution in [-0.4, -0.2) is 21.2 Å². The number of carbonyl (C=O) groups is 2. The first-order valence-corrected chi connectivity index (χ1v) is 11.4. The van der Waals surface area contributed by atoms with Crippen molar-refractivity contribution in [1.29, 1.82) is 0 Å². The Hall–Kier alpha value is -3.13. The monoisotopic (exact) mass is 497 g/mol. The highest BCUT2D eigenvalue weighted by atomic mass is 35.5. The van der Waals surface area contributed by atoms with Crippen LogP contribution in [0.25, 0.3) is 6.08 Å². The lowest BCUT2D eigenvalue weighted by atomic mass is 10.1. The predicted octanol–water partition coefficient (Wildman–Crippen LogP) is 7.66. The van der Waals surface area contributed by atoms with E-state index in [2.05, 4.69) is 10.2 Å². The number of benzene rings is 3. The predicted molar refractivity (Wildman–Crippen MR) is 131 cm³/mol. The molecule has 0 atom stereocenters. The second-order valence-corrected chi connectivity index (χ2v) is 9.07. The van der Waals surface area contributed by atoms with E-state index >= 15 is 0 Å². The first-order chi connectivity index (χ1) is 15.8. The standard InChI is InChI=1S/C24H17Cl2N3O3S/c1-14-4-2-3-5-15(14)13-29-23(31)22(33-24(29)32)11-16-10-18(7-9-21(16)30)27-28-20-8-6-17(25)12-19(20)26/h2-12,30H,13H2,1H3/b22-11-,28-27?. The molecule has 1 heterocycles. The van der Waals surface area contributed by atoms with E-state index in [1.54, 1.807) is 30.3 Å². The Balaban J connectivity index is 1.57. The number of rotatable bonds is 5. The third-order valence-corrected chi connectivity index (χ3v) is 6.39. The highest BCUT2D eigenvalue weighted by Crippen LogP contribution is 2.36. The summed E-state index contributed by atoms with van der Waals surface area (Å²) >= 11 is 12.8. The Morgan fingerprint density at radius 2 is 1.82 bits per heavy atom. The minimum Gasteiger partial charge on any atom is -0.507 e. The zero-order valence-electron chi connectivity index (χ0n) is 17.3. The molecule has 0 spiro atoms. The summed E-state index contributed by atoms with van der Waals surface area (Å²) in [7, 11) is 0. The molecule has 1 fully saturated rings. The fraction of sp³-hybridized carbons (Fsp3) is 0.0833. The number of imide groups is 1. The van der Waals surface area contributed by atoms with Crippen LogP contribution in [0.1, 0.15) is 16.7 Å². The van der Waals surface area contributed by atoms with Crippen LogP contribution >= 0.6 is 35.0 Å². The highest BCUT2D eigenvalue weighted by Gasteiger charge is 2.35. The van der Waals surface area contributed by atoms with E-state index in [9.17, 15) is 14.7 Å². The van der Waals surface area contributed by atoms with Crippen molar-refractivity contribution < 1.29 is 14.7 Å². The number of aryl methyl sites for hydroxylation is 1. The summed E-state index contributed by atoms with van der Waals surface area (Å²) in [6.07, 6.45) is 1.48. The molecule has 3 aromatic rings. The van der Waals surface area contributed by atoms with Crippen molar-refractivity contribution in [2.24, 2.45) is 10.2 Å². The minimum absolute atomic E-state index is 0.0517. The van der Waals surface area contributed by atoms with Gasteiger partial charge in [0, 0.05) is 10.6 Å². The van der Waals surface area contributed by atoms with E-state index in [-0.39, 0.29) is 22.4 Å². The molecule has 1 saturated heterocycles. The molecular formula is C24H17Cl2N3O3S. The SMILES string of the molecule is Cc1ccccc1CN1C(=O)S/C(=C\c2cc(N=Nc3ccc(Cl)cc3Cl)ccc2O)C1=O. The van der Waals surface area contributed by atoms with Gasteiger partial charge in [0.1, 0.15) is 11.4 Å². The summed E-state index contributed by atoms with van der Waals surface area (Å²) in [5, 5.41) is 19.0. The smallest absolute Gasteiger partial charge is 0.293 e. The molecule has 0 aromatic heterocycles. The Kier molecular flexibility index (Phi) is 6.83. The lowest BCUT2D eigenvalue weighted by Crippen LogP contribution is -2.27. The number of hydrogen-bond acceptors (Lipinski definition) is 6. The summed E-state index contributed by atoms with van der Waals surface area (Å²) in [5.41, 5.74) is 3.11. The number of hydrogen-bond donors (Lipinski definition) is 1. The fourth-order valence-corrected chi connectivity index (χ4v) is 4.40. The topological polar surface area (TPSA) is 82.3 Å². The van der Waals surface area contributed by atoms with E-state index in [4.69, 9.17) is 23.2 Å². The van der Waals surface area contributed by atoms with Gasteiger partial charge in [-0.3, -0.25) is 14.5 Å². The van der Waals surface area contributed by atoms with Gasteiger partial charge in [-0.25, -0.2) is 0 Å². The molecular weight excluding hydrogens is 481 g/mol. The molecule has 0 unspecified atom stereocenters. The Labute approximate surface area is 204 Å². The summed E-state index contributed by atoms with van der Waals surface area (Å²) in [5.74, 6) is -0.461. The zero-order valence-corrected chi connectivity index (χ0v) is 19.7. The lowest BCUT2D eigenvalue weighted by Gasteiger charge is -2.14. The van der Waals surface area contributed by atoms with Gasteiger partial charge in [0.15, 0.2) is 0 Å². The largest absolute Gasteiger partial charge is 0.507 e. The van der Waals surface area contributed by atoms with Gasteiger partial charge in [-0.05, 0) is 72.3 Å². The Morgan fingerprint density at radius 3 is 2.58 bits per heavy atom. The number of phenols is 1. The summed E-state index contributed by atoms with van der Waals surface area (Å²) < 4.78 is 0. The minimum atomic E-state index is -0.410. The summed E-state index contributed by atoms with van der Waals surface area (Å²) in [6, 6.07) is 17.0. The van der Waals surface area contributed by atoms with Gasteiger partial charge in [0.25, 0.3) is 11.1 Å². The molecule has 3 aromatic carbocycles. The van der Waals surface area contributed by atoms with Crippen LogP contribution < -0.4 is 0 Å². The molecule has 2 amide bonds. The van der Waals surface area contributed by atoms with Crippen LogP contribution in [0.15, 0.2) is 75.8 Å². The lowest BCUT2D eigenvalue weighted by molar-refractivity contribution is -0.123. The van der Waals surface area contributed by atoms with Crippen molar-refractivity contribution in [1.82, 2.24) is 4.90 Å². The number of aromatic hydroxyl groups is 1. The zero-order chi connectivity index (χ0) is 23.5. The number of carbonyl (C=O) groups excluding carboxylic acids is 2. The molecule has 0 bridgehead atoms. The van der Waals surface area contributed by atoms with Crippen LogP contribution in [0.4, 0.5) is 16.2 Å². The number of thioether (sulfide) groups is 1. The van der Waals surface area contributed by atoms with Crippen LogP contribution in [0.5, 0.6) is 5.75 Å². The number of amides is 2. The number of nitrogens with zero attached hydrogens (tertiary/aromatic N) is 3. The molecule has 0 aliphatic carbocycles. The van der Waals surface area contributed by atoms with E-state index in [0.29, 0.717) is 27.0 Å². The van der Waals surface area contributed by atoms with E-state index < -0.39 is 5.91 Å². The third kappa shape index (κ3) is 5.27. The summed E-state index contributed by atoms with van der Waals surface area (Å²) in [6.45, 7) is 2.12. The molecule has 33 heavy (non-hydrogen) atoms. The summed E-state index contributed by atoms with van der Waals surface area (Å²) in [4.78, 5) is 26.8. The highest BCUT2D eigenvalue weighted by molar-refractivity contribution is 8.18. The van der Waals surface area contributed by atoms with Crippen molar-refractivity contribution in [2.75, 3.05) is 0 Å². The number of phenolic OH excluding ortho intramolecular Hbond substituents is 1. The first-order valence-electron chi connectivity index (χ1n) is 9.81. The maximum Gasteiger partial charge on any atom is 0.293 e. The Morgan fingerprint density at radius 1 is 1.03 bits per heavy atom.